The molecule has 92 valence electrons. The van der Waals surface area contributed by atoms with E-state index < -0.39 is 0 Å². The van der Waals surface area contributed by atoms with E-state index in [1.54, 1.807) is 5.57 Å². The van der Waals surface area contributed by atoms with E-state index in [0.29, 0.717) is 5.41 Å². The fourth-order valence-electron chi connectivity index (χ4n) is 1.88. The highest BCUT2D eigenvalue weighted by Crippen LogP contribution is 2.36. The van der Waals surface area contributed by atoms with E-state index in [2.05, 4.69) is 39.8 Å². The van der Waals surface area contributed by atoms with Crippen molar-refractivity contribution in [2.45, 2.75) is 59.8 Å². The minimum atomic E-state index is 0.353. The van der Waals surface area contributed by atoms with Crippen LogP contribution in [0.2, 0.25) is 0 Å². The van der Waals surface area contributed by atoms with Gasteiger partial charge in [0.15, 0.2) is 0 Å². The van der Waals surface area contributed by atoms with E-state index in [9.17, 15) is 0 Å². The maximum Gasteiger partial charge on any atom is 0.0962 e. The molecule has 1 aliphatic carbocycles. The molecule has 0 aromatic rings. The monoisotopic (exact) mass is 222 g/mol. The van der Waals surface area contributed by atoms with Gasteiger partial charge >= 0.3 is 0 Å². The van der Waals surface area contributed by atoms with Crippen LogP contribution in [0.25, 0.3) is 0 Å². The van der Waals surface area contributed by atoms with Crippen LogP contribution in [-0.4, -0.2) is 6.61 Å². The van der Waals surface area contributed by atoms with Crippen LogP contribution in [0.5, 0.6) is 0 Å². The summed E-state index contributed by atoms with van der Waals surface area (Å²) in [5, 5.41) is 0. The third-order valence-corrected chi connectivity index (χ3v) is 3.65. The Labute approximate surface area is 101 Å². The van der Waals surface area contributed by atoms with Gasteiger partial charge in [-0.25, -0.2) is 0 Å². The lowest BCUT2D eigenvalue weighted by Gasteiger charge is -2.29. The van der Waals surface area contributed by atoms with Gasteiger partial charge in [0, 0.05) is 6.42 Å². The summed E-state index contributed by atoms with van der Waals surface area (Å²) in [5.74, 6) is 1.17. The molecule has 0 unspecified atom stereocenters. The molecule has 0 saturated heterocycles. The van der Waals surface area contributed by atoms with E-state index in [4.69, 9.17) is 4.74 Å². The molecular weight excluding hydrogens is 196 g/mol. The van der Waals surface area contributed by atoms with Crippen molar-refractivity contribution < 1.29 is 4.74 Å². The van der Waals surface area contributed by atoms with Crippen molar-refractivity contribution in [3.8, 4) is 0 Å². The Morgan fingerprint density at radius 2 is 1.94 bits per heavy atom. The van der Waals surface area contributed by atoms with E-state index in [1.165, 1.54) is 25.0 Å². The second-order valence-electron chi connectivity index (χ2n) is 5.26. The number of unbranched alkanes of at least 4 members (excludes halogenated alkanes) is 1. The van der Waals surface area contributed by atoms with Crippen LogP contribution in [0.3, 0.4) is 0 Å². The molecule has 1 aliphatic rings. The highest BCUT2D eigenvalue weighted by molar-refractivity contribution is 5.25. The Bertz CT molecular complexity index is 271. The minimum Gasteiger partial charge on any atom is -0.498 e. The first-order valence-electron chi connectivity index (χ1n) is 6.63. The zero-order valence-corrected chi connectivity index (χ0v) is 11.3. The fraction of sp³-hybridized carbons (Fsp3) is 0.733. The first kappa shape index (κ1) is 13.3. The van der Waals surface area contributed by atoms with Gasteiger partial charge in [0.2, 0.25) is 0 Å². The predicted molar refractivity (Wildman–Crippen MR) is 70.3 cm³/mol. The van der Waals surface area contributed by atoms with Crippen molar-refractivity contribution in [1.82, 2.24) is 0 Å². The van der Waals surface area contributed by atoms with Crippen LogP contribution in [0.4, 0.5) is 0 Å². The van der Waals surface area contributed by atoms with Crippen molar-refractivity contribution in [3.63, 3.8) is 0 Å². The maximum absolute atomic E-state index is 5.73. The number of hydrogen-bond donors (Lipinski definition) is 0. The molecule has 0 atom stereocenters. The lowest BCUT2D eigenvalue weighted by Crippen LogP contribution is -2.15. The molecule has 16 heavy (non-hydrogen) atoms. The predicted octanol–water partition coefficient (Wildman–Crippen LogP) is 4.84. The van der Waals surface area contributed by atoms with Crippen molar-refractivity contribution in [2.24, 2.45) is 5.41 Å². The van der Waals surface area contributed by atoms with Crippen LogP contribution < -0.4 is 0 Å². The third kappa shape index (κ3) is 3.70. The van der Waals surface area contributed by atoms with E-state index in [0.717, 1.165) is 19.4 Å². The van der Waals surface area contributed by atoms with Gasteiger partial charge in [0.25, 0.3) is 0 Å². The molecule has 0 heterocycles. The van der Waals surface area contributed by atoms with E-state index in [-0.39, 0.29) is 0 Å². The van der Waals surface area contributed by atoms with Crippen LogP contribution in [0.1, 0.15) is 59.8 Å². The smallest absolute Gasteiger partial charge is 0.0962 e. The minimum absolute atomic E-state index is 0.353. The SMILES string of the molecule is CCCCOC1=CC=C(C(C)(C)CC)CC1. The Kier molecular flexibility index (Phi) is 5.11. The largest absolute Gasteiger partial charge is 0.498 e. The highest BCUT2D eigenvalue weighted by Gasteiger charge is 2.22. The molecule has 1 nitrogen and oxygen atoms in total. The van der Waals surface area contributed by atoms with Gasteiger partial charge in [-0.1, -0.05) is 45.8 Å². The van der Waals surface area contributed by atoms with Crippen LogP contribution >= 0.6 is 0 Å². The molecule has 0 aromatic heterocycles. The van der Waals surface area contributed by atoms with E-state index in [1.807, 2.05) is 0 Å². The zero-order valence-electron chi connectivity index (χ0n) is 11.3. The van der Waals surface area contributed by atoms with Crippen LogP contribution in [0.15, 0.2) is 23.5 Å². The first-order valence-corrected chi connectivity index (χ1v) is 6.63. The average Bonchev–Trinajstić information content (AvgIpc) is 2.30. The highest BCUT2D eigenvalue weighted by atomic mass is 16.5. The van der Waals surface area contributed by atoms with Gasteiger partial charge in [0.1, 0.15) is 0 Å². The lowest BCUT2D eigenvalue weighted by atomic mass is 9.78. The number of hydrogen-bond acceptors (Lipinski definition) is 1. The normalized spacial score (nSPS) is 16.8. The summed E-state index contributed by atoms with van der Waals surface area (Å²) in [4.78, 5) is 0. The maximum atomic E-state index is 5.73. The Balaban J connectivity index is 2.51. The summed E-state index contributed by atoms with van der Waals surface area (Å²) >= 11 is 0. The summed E-state index contributed by atoms with van der Waals surface area (Å²) in [6, 6.07) is 0. The van der Waals surface area contributed by atoms with Gasteiger partial charge < -0.3 is 4.74 Å². The summed E-state index contributed by atoms with van der Waals surface area (Å²) in [6.45, 7) is 9.99. The van der Waals surface area contributed by atoms with Crippen LogP contribution in [0, 0.1) is 5.41 Å². The van der Waals surface area contributed by atoms with Gasteiger partial charge in [-0.15, -0.1) is 0 Å². The van der Waals surface area contributed by atoms with Gasteiger partial charge in [-0.2, -0.15) is 0 Å². The molecule has 0 bridgehead atoms. The summed E-state index contributed by atoms with van der Waals surface area (Å²) in [5.41, 5.74) is 1.92. The molecule has 0 fully saturated rings. The molecule has 0 aliphatic heterocycles. The molecule has 0 N–H and O–H groups in total. The number of allylic oxidation sites excluding steroid dienone is 4. The summed E-state index contributed by atoms with van der Waals surface area (Å²) in [6.07, 6.45) is 10.3. The van der Waals surface area contributed by atoms with Gasteiger partial charge in [-0.05, 0) is 30.8 Å². The molecule has 0 amide bonds. The first-order chi connectivity index (χ1) is 7.60. The zero-order chi connectivity index (χ0) is 12.0. The number of rotatable bonds is 6. The standard InChI is InChI=1S/C15H26O/c1-5-7-12-16-14-10-8-13(9-11-14)15(3,4)6-2/h8,10H,5-7,9,11-12H2,1-4H3. The number of ether oxygens (including phenoxy) is 1. The Hall–Kier alpha value is -0.720. The third-order valence-electron chi connectivity index (χ3n) is 3.65. The molecule has 1 heteroatoms. The quantitative estimate of drug-likeness (QED) is 0.584. The van der Waals surface area contributed by atoms with Crippen LogP contribution in [-0.2, 0) is 4.74 Å². The lowest BCUT2D eigenvalue weighted by molar-refractivity contribution is 0.195. The Morgan fingerprint density at radius 3 is 2.44 bits per heavy atom. The fourth-order valence-corrected chi connectivity index (χ4v) is 1.88. The summed E-state index contributed by atoms with van der Waals surface area (Å²) < 4.78 is 5.73. The molecule has 0 radical (unpaired) electrons. The van der Waals surface area contributed by atoms with Crippen molar-refractivity contribution in [3.05, 3.63) is 23.5 Å². The summed E-state index contributed by atoms with van der Waals surface area (Å²) in [7, 11) is 0. The van der Waals surface area contributed by atoms with Crippen molar-refractivity contribution in [2.75, 3.05) is 6.61 Å². The second-order valence-corrected chi connectivity index (χ2v) is 5.26. The average molecular weight is 222 g/mol. The molecule has 0 aromatic carbocycles. The van der Waals surface area contributed by atoms with Crippen molar-refractivity contribution >= 4 is 0 Å². The van der Waals surface area contributed by atoms with Gasteiger partial charge in [-0.3, -0.25) is 0 Å². The molecular formula is C15H26O. The topological polar surface area (TPSA) is 9.23 Å². The second kappa shape index (κ2) is 6.12. The van der Waals surface area contributed by atoms with Gasteiger partial charge in [0.05, 0.1) is 12.4 Å². The van der Waals surface area contributed by atoms with Crippen molar-refractivity contribution in [1.29, 1.82) is 0 Å². The Morgan fingerprint density at radius 1 is 1.19 bits per heavy atom. The van der Waals surface area contributed by atoms with E-state index >= 15 is 0 Å². The molecule has 0 spiro atoms. The molecule has 0 saturated carbocycles. The molecule has 1 rings (SSSR count).